The molecule has 124 valence electrons. The molecule has 0 fully saturated rings. The molecule has 0 spiro atoms. The molecule has 2 aromatic rings. The number of pyridine rings is 1. The number of aromatic nitrogens is 1. The number of methoxy groups -OCH3 is 1. The van der Waals surface area contributed by atoms with Crippen LogP contribution in [-0.2, 0) is 16.1 Å². The predicted molar refractivity (Wildman–Crippen MR) is 80.8 cm³/mol. The first kappa shape index (κ1) is 15.9. The summed E-state index contributed by atoms with van der Waals surface area (Å²) >= 11 is 0. The van der Waals surface area contributed by atoms with Gasteiger partial charge < -0.3 is 19.0 Å². The lowest BCUT2D eigenvalue weighted by Gasteiger charge is -2.30. The minimum Gasteiger partial charge on any atom is -0.468 e. The van der Waals surface area contributed by atoms with Crippen LogP contribution in [0.5, 0.6) is 5.75 Å². The number of hydrogen-bond donors (Lipinski definition) is 2. The molecule has 2 aromatic heterocycles. The molecule has 2 N–H and O–H groups in total. The largest absolute Gasteiger partial charge is 0.468 e. The van der Waals surface area contributed by atoms with Crippen molar-refractivity contribution in [3.8, 4) is 5.75 Å². The lowest BCUT2D eigenvalue weighted by atomic mass is 9.82. The van der Waals surface area contributed by atoms with Crippen LogP contribution in [0.25, 0.3) is 0 Å². The Morgan fingerprint density at radius 2 is 2.12 bits per heavy atom. The van der Waals surface area contributed by atoms with E-state index >= 15 is 0 Å². The topological polar surface area (TPSA) is 123 Å². The maximum absolute atomic E-state index is 12.2. The number of hydrogen-bond acceptors (Lipinski definition) is 8. The molecule has 0 bridgehead atoms. The van der Waals surface area contributed by atoms with Gasteiger partial charge >= 0.3 is 5.97 Å². The van der Waals surface area contributed by atoms with Crippen molar-refractivity contribution in [2.75, 3.05) is 7.11 Å². The van der Waals surface area contributed by atoms with Gasteiger partial charge in [0.2, 0.25) is 17.1 Å². The maximum Gasteiger partial charge on any atom is 0.319 e. The van der Waals surface area contributed by atoms with Gasteiger partial charge in [-0.25, -0.2) is 0 Å². The van der Waals surface area contributed by atoms with Crippen LogP contribution in [0.3, 0.4) is 0 Å². The smallest absolute Gasteiger partial charge is 0.319 e. The van der Waals surface area contributed by atoms with Gasteiger partial charge in [-0.2, -0.15) is 0 Å². The zero-order chi connectivity index (χ0) is 17.3. The number of rotatable bonds is 3. The molecule has 3 heterocycles. The van der Waals surface area contributed by atoms with Gasteiger partial charge in [0, 0.05) is 18.5 Å². The van der Waals surface area contributed by atoms with Gasteiger partial charge in [0.05, 0.1) is 13.0 Å². The number of fused-ring (bicyclic) bond motifs is 1. The normalized spacial score (nSPS) is 19.3. The zero-order valence-electron chi connectivity index (χ0n) is 12.7. The van der Waals surface area contributed by atoms with Crippen LogP contribution in [0.2, 0.25) is 0 Å². The van der Waals surface area contributed by atoms with Crippen molar-refractivity contribution in [3.05, 3.63) is 57.9 Å². The van der Waals surface area contributed by atoms with Crippen molar-refractivity contribution in [1.29, 1.82) is 5.41 Å². The summed E-state index contributed by atoms with van der Waals surface area (Å²) in [4.78, 5) is 28.3. The second kappa shape index (κ2) is 6.25. The second-order valence-corrected chi connectivity index (χ2v) is 5.15. The Hall–Kier alpha value is -3.00. The number of aliphatic hydroxyl groups is 1. The van der Waals surface area contributed by atoms with E-state index in [0.717, 1.165) is 6.07 Å². The standard InChI is InChI=1S/C16H14N2O6/c1-22-16(21)12-11(8-2-4-18-5-3-8)14-13(24-15(12)17)10(20)6-9(7-19)23-14/h2-6,11-12,17,19H,7H2,1H3. The highest BCUT2D eigenvalue weighted by Gasteiger charge is 2.45. The number of esters is 1. The van der Waals surface area contributed by atoms with Gasteiger partial charge in [0.25, 0.3) is 0 Å². The van der Waals surface area contributed by atoms with Crippen molar-refractivity contribution in [3.63, 3.8) is 0 Å². The van der Waals surface area contributed by atoms with E-state index < -0.39 is 35.7 Å². The molecule has 0 saturated carbocycles. The fourth-order valence-corrected chi connectivity index (χ4v) is 2.69. The highest BCUT2D eigenvalue weighted by atomic mass is 16.5. The van der Waals surface area contributed by atoms with Crippen LogP contribution >= 0.6 is 0 Å². The number of ether oxygens (including phenoxy) is 2. The zero-order valence-corrected chi connectivity index (χ0v) is 12.7. The van der Waals surface area contributed by atoms with Crippen molar-refractivity contribution in [1.82, 2.24) is 4.98 Å². The van der Waals surface area contributed by atoms with Gasteiger partial charge in [-0.3, -0.25) is 20.0 Å². The molecule has 2 atom stereocenters. The monoisotopic (exact) mass is 330 g/mol. The molecule has 1 aliphatic heterocycles. The quantitative estimate of drug-likeness (QED) is 0.799. The molecule has 0 amide bonds. The van der Waals surface area contributed by atoms with Crippen molar-refractivity contribution < 1.29 is 23.8 Å². The average Bonchev–Trinajstić information content (AvgIpc) is 2.61. The molecule has 3 rings (SSSR count). The summed E-state index contributed by atoms with van der Waals surface area (Å²) in [5.41, 5.74) is 0.0698. The fraction of sp³-hybridized carbons (Fsp3) is 0.250. The Morgan fingerprint density at radius 1 is 1.42 bits per heavy atom. The molecule has 8 nitrogen and oxygen atoms in total. The first-order chi connectivity index (χ1) is 11.6. The van der Waals surface area contributed by atoms with E-state index in [4.69, 9.17) is 19.3 Å². The first-order valence-corrected chi connectivity index (χ1v) is 7.08. The summed E-state index contributed by atoms with van der Waals surface area (Å²) in [7, 11) is 1.20. The second-order valence-electron chi connectivity index (χ2n) is 5.15. The lowest BCUT2D eigenvalue weighted by molar-refractivity contribution is -0.144. The third-order valence-electron chi connectivity index (χ3n) is 3.77. The van der Waals surface area contributed by atoms with Gasteiger partial charge in [-0.1, -0.05) is 0 Å². The summed E-state index contributed by atoms with van der Waals surface area (Å²) in [6.45, 7) is -0.480. The summed E-state index contributed by atoms with van der Waals surface area (Å²) in [5, 5.41) is 17.3. The van der Waals surface area contributed by atoms with E-state index in [9.17, 15) is 14.7 Å². The Labute approximate surface area is 136 Å². The minimum absolute atomic E-state index is 0.0402. The number of carbonyl (C=O) groups is 1. The Morgan fingerprint density at radius 3 is 2.75 bits per heavy atom. The van der Waals surface area contributed by atoms with Crippen LogP contribution in [0.4, 0.5) is 0 Å². The third kappa shape index (κ3) is 2.56. The average molecular weight is 330 g/mol. The molecule has 0 radical (unpaired) electrons. The molecule has 0 aromatic carbocycles. The van der Waals surface area contributed by atoms with Crippen LogP contribution in [0.1, 0.15) is 23.0 Å². The molecule has 0 saturated heterocycles. The van der Waals surface area contributed by atoms with E-state index in [0.29, 0.717) is 5.56 Å². The van der Waals surface area contributed by atoms with Crippen LogP contribution in [0, 0.1) is 11.3 Å². The Bertz CT molecular complexity index is 845. The summed E-state index contributed by atoms with van der Waals surface area (Å²) in [5.74, 6) is -3.05. The van der Waals surface area contributed by atoms with E-state index in [2.05, 4.69) is 4.98 Å². The molecule has 24 heavy (non-hydrogen) atoms. The summed E-state index contributed by atoms with van der Waals surface area (Å²) in [6, 6.07) is 4.39. The van der Waals surface area contributed by atoms with Gasteiger partial charge in [-0.15, -0.1) is 0 Å². The highest BCUT2D eigenvalue weighted by molar-refractivity contribution is 6.00. The molecule has 2 unspecified atom stereocenters. The number of aliphatic hydroxyl groups excluding tert-OH is 1. The van der Waals surface area contributed by atoms with E-state index in [1.54, 1.807) is 12.1 Å². The fourth-order valence-electron chi connectivity index (χ4n) is 2.69. The minimum atomic E-state index is -1.11. The molecule has 1 aliphatic rings. The predicted octanol–water partition coefficient (Wildman–Crippen LogP) is 0.818. The van der Waals surface area contributed by atoms with E-state index in [1.165, 1.54) is 19.5 Å². The van der Waals surface area contributed by atoms with Crippen LogP contribution < -0.4 is 10.2 Å². The van der Waals surface area contributed by atoms with E-state index in [1.807, 2.05) is 0 Å². The summed E-state index contributed by atoms with van der Waals surface area (Å²) in [6.07, 6.45) is 3.05. The molecule has 0 aliphatic carbocycles. The number of carbonyl (C=O) groups excluding carboxylic acids is 1. The first-order valence-electron chi connectivity index (χ1n) is 7.08. The number of nitrogens with one attached hydrogen (secondary N) is 1. The highest BCUT2D eigenvalue weighted by Crippen LogP contribution is 2.41. The SMILES string of the molecule is COC(=O)C1C(=N)Oc2c(oc(CO)cc2=O)C1c1ccncc1. The third-order valence-corrected chi connectivity index (χ3v) is 3.77. The van der Waals surface area contributed by atoms with Crippen LogP contribution in [-0.4, -0.2) is 29.1 Å². The Kier molecular flexibility index (Phi) is 4.13. The molecular weight excluding hydrogens is 316 g/mol. The molecule has 8 heteroatoms. The van der Waals surface area contributed by atoms with Crippen molar-refractivity contribution in [2.24, 2.45) is 5.92 Å². The Balaban J connectivity index is 2.27. The summed E-state index contributed by atoms with van der Waals surface area (Å²) < 4.78 is 15.6. The van der Waals surface area contributed by atoms with Gasteiger partial charge in [-0.05, 0) is 17.7 Å². The maximum atomic E-state index is 12.2. The van der Waals surface area contributed by atoms with E-state index in [-0.39, 0.29) is 17.3 Å². The van der Waals surface area contributed by atoms with Gasteiger partial charge in [0.1, 0.15) is 18.3 Å². The lowest BCUT2D eigenvalue weighted by Crippen LogP contribution is -2.39. The number of nitrogens with zero attached hydrogens (tertiary/aromatic N) is 1. The van der Waals surface area contributed by atoms with Crippen molar-refractivity contribution in [2.45, 2.75) is 12.5 Å². The van der Waals surface area contributed by atoms with Gasteiger partial charge in [0.15, 0.2) is 5.76 Å². The van der Waals surface area contributed by atoms with Crippen molar-refractivity contribution >= 4 is 11.9 Å². The molecular formula is C16H14N2O6. The van der Waals surface area contributed by atoms with Crippen LogP contribution in [0.15, 0.2) is 39.8 Å².